The predicted molar refractivity (Wildman–Crippen MR) is 109 cm³/mol. The topological polar surface area (TPSA) is 143 Å². The number of nitrogens with one attached hydrogen (secondary N) is 2. The van der Waals surface area contributed by atoms with Gasteiger partial charge in [-0.1, -0.05) is 6.07 Å². The van der Waals surface area contributed by atoms with Gasteiger partial charge < -0.3 is 22.1 Å². The van der Waals surface area contributed by atoms with E-state index in [0.717, 1.165) is 12.1 Å². The number of halogens is 3. The minimum absolute atomic E-state index is 0.0168. The van der Waals surface area contributed by atoms with Gasteiger partial charge in [-0.3, -0.25) is 4.79 Å². The molecule has 0 fully saturated rings. The van der Waals surface area contributed by atoms with Crippen LogP contribution in [0.15, 0.2) is 29.3 Å². The van der Waals surface area contributed by atoms with Crippen molar-refractivity contribution in [2.45, 2.75) is 30.1 Å². The van der Waals surface area contributed by atoms with E-state index in [0.29, 0.717) is 18.0 Å². The Labute approximate surface area is 175 Å². The van der Waals surface area contributed by atoms with Gasteiger partial charge in [0, 0.05) is 12.2 Å². The van der Waals surface area contributed by atoms with Gasteiger partial charge in [0.2, 0.25) is 11.9 Å². The number of anilines is 3. The van der Waals surface area contributed by atoms with Gasteiger partial charge in [0.05, 0.1) is 11.6 Å². The molecule has 0 radical (unpaired) electrons. The number of hydrogen-bond acceptors (Lipinski definition) is 8. The van der Waals surface area contributed by atoms with E-state index < -0.39 is 23.7 Å². The number of hydrogen-bond donors (Lipinski definition) is 4. The molecule has 1 aromatic heterocycles. The first-order valence-corrected chi connectivity index (χ1v) is 9.97. The molecule has 6 N–H and O–H groups in total. The highest BCUT2D eigenvalue weighted by molar-refractivity contribution is 7.98. The number of nitrogens with zero attached hydrogens (tertiary/aromatic N) is 3. The molecule has 0 aliphatic carbocycles. The molecular weight excluding hydrogens is 419 g/mol. The molecule has 0 aliphatic heterocycles. The molecular formula is C18H20F3N7OS. The Morgan fingerprint density at radius 2 is 2.10 bits per heavy atom. The number of rotatable bonds is 8. The van der Waals surface area contributed by atoms with Gasteiger partial charge in [-0.05, 0) is 37.3 Å². The maximum Gasteiger partial charge on any atom is 0.416 e. The standard InChI is InChI=1S/C18H20F3N7OS/c1-30-16-12(9-22)14(27-17(24)28-16)25-7-3-6-13(23)15(29)26-11-5-2-4-10(8-11)18(19,20)21/h2,4-5,8,13H,3,6-7,23H2,1H3,(H,26,29)(H3,24,25,27,28)/t13-/m0/s1. The Balaban J connectivity index is 1.88. The van der Waals surface area contributed by atoms with E-state index in [1.165, 1.54) is 23.9 Å². The van der Waals surface area contributed by atoms with Crippen LogP contribution in [0, 0.1) is 11.3 Å². The average Bonchev–Trinajstić information content (AvgIpc) is 2.70. The SMILES string of the molecule is CSc1nc(N)nc(NCCC[C@H](N)C(=O)Nc2cccc(C(F)(F)F)c2)c1C#N. The lowest BCUT2D eigenvalue weighted by molar-refractivity contribution is -0.137. The molecule has 0 spiro atoms. The third-order valence-electron chi connectivity index (χ3n) is 3.98. The lowest BCUT2D eigenvalue weighted by Crippen LogP contribution is -2.36. The van der Waals surface area contributed by atoms with E-state index in [1.54, 1.807) is 6.26 Å². The van der Waals surface area contributed by atoms with E-state index in [-0.39, 0.29) is 29.4 Å². The minimum atomic E-state index is -4.50. The van der Waals surface area contributed by atoms with Crippen LogP contribution in [-0.2, 0) is 11.0 Å². The van der Waals surface area contributed by atoms with Crippen LogP contribution >= 0.6 is 11.8 Å². The number of carbonyl (C=O) groups is 1. The minimum Gasteiger partial charge on any atom is -0.369 e. The number of amides is 1. The molecule has 1 amide bonds. The monoisotopic (exact) mass is 439 g/mol. The second-order valence-corrected chi connectivity index (χ2v) is 6.96. The van der Waals surface area contributed by atoms with Gasteiger partial charge in [0.25, 0.3) is 0 Å². The smallest absolute Gasteiger partial charge is 0.369 e. The Kier molecular flexibility index (Phi) is 7.85. The summed E-state index contributed by atoms with van der Waals surface area (Å²) in [6.07, 6.45) is -2.04. The number of aromatic nitrogens is 2. The molecule has 1 aromatic carbocycles. The van der Waals surface area contributed by atoms with Crippen LogP contribution in [0.1, 0.15) is 24.0 Å². The fourth-order valence-electron chi connectivity index (χ4n) is 2.50. The van der Waals surface area contributed by atoms with Crippen LogP contribution in [0.2, 0.25) is 0 Å². The number of nitrogens with two attached hydrogens (primary N) is 2. The number of nitriles is 1. The highest BCUT2D eigenvalue weighted by atomic mass is 32.2. The van der Waals surface area contributed by atoms with Crippen molar-refractivity contribution >= 4 is 35.1 Å². The molecule has 30 heavy (non-hydrogen) atoms. The zero-order chi connectivity index (χ0) is 22.3. The molecule has 0 saturated carbocycles. The first-order valence-electron chi connectivity index (χ1n) is 8.75. The van der Waals surface area contributed by atoms with Gasteiger partial charge >= 0.3 is 6.18 Å². The number of thioether (sulfide) groups is 1. The van der Waals surface area contributed by atoms with Gasteiger partial charge in [0.15, 0.2) is 5.82 Å². The number of carbonyl (C=O) groups excluding carboxylic acids is 1. The lowest BCUT2D eigenvalue weighted by atomic mass is 10.1. The van der Waals surface area contributed by atoms with Crippen LogP contribution in [-0.4, -0.2) is 34.7 Å². The van der Waals surface area contributed by atoms with Crippen molar-refractivity contribution in [2.75, 3.05) is 29.2 Å². The summed E-state index contributed by atoms with van der Waals surface area (Å²) in [5.74, 6) is -0.280. The fraction of sp³-hybridized carbons (Fsp3) is 0.333. The number of alkyl halides is 3. The predicted octanol–water partition coefficient (Wildman–Crippen LogP) is 2.83. The van der Waals surface area contributed by atoms with E-state index >= 15 is 0 Å². The molecule has 0 saturated heterocycles. The quantitative estimate of drug-likeness (QED) is 0.279. The fourth-order valence-corrected chi connectivity index (χ4v) is 3.03. The molecule has 160 valence electrons. The first-order chi connectivity index (χ1) is 14.2. The van der Waals surface area contributed by atoms with Crippen LogP contribution < -0.4 is 22.1 Å². The molecule has 0 unspecified atom stereocenters. The highest BCUT2D eigenvalue weighted by Crippen LogP contribution is 2.30. The van der Waals surface area contributed by atoms with Crippen LogP contribution in [0.5, 0.6) is 0 Å². The molecule has 12 heteroatoms. The molecule has 8 nitrogen and oxygen atoms in total. The molecule has 1 atom stereocenters. The molecule has 0 bridgehead atoms. The highest BCUT2D eigenvalue weighted by Gasteiger charge is 2.30. The summed E-state index contributed by atoms with van der Waals surface area (Å²) in [6.45, 7) is 0.351. The Morgan fingerprint density at radius 3 is 2.73 bits per heavy atom. The Morgan fingerprint density at radius 1 is 1.37 bits per heavy atom. The van der Waals surface area contributed by atoms with Gasteiger partial charge in [-0.2, -0.15) is 23.4 Å². The third kappa shape index (κ3) is 6.23. The van der Waals surface area contributed by atoms with Crippen molar-refractivity contribution in [3.63, 3.8) is 0 Å². The summed E-state index contributed by atoms with van der Waals surface area (Å²) in [7, 11) is 0. The van der Waals surface area contributed by atoms with Crippen molar-refractivity contribution in [1.82, 2.24) is 9.97 Å². The van der Waals surface area contributed by atoms with Crippen molar-refractivity contribution < 1.29 is 18.0 Å². The summed E-state index contributed by atoms with van der Waals surface area (Å²) >= 11 is 1.26. The van der Waals surface area contributed by atoms with E-state index in [1.807, 2.05) is 6.07 Å². The lowest BCUT2D eigenvalue weighted by Gasteiger charge is -2.14. The van der Waals surface area contributed by atoms with Crippen molar-refractivity contribution in [3.8, 4) is 6.07 Å². The second-order valence-electron chi connectivity index (χ2n) is 6.17. The second kappa shape index (κ2) is 10.1. The maximum atomic E-state index is 12.8. The van der Waals surface area contributed by atoms with Gasteiger partial charge in [-0.15, -0.1) is 11.8 Å². The first kappa shape index (κ1) is 23.2. The summed E-state index contributed by atoms with van der Waals surface area (Å²) in [6, 6.07) is 5.42. The molecule has 1 heterocycles. The van der Waals surface area contributed by atoms with Crippen molar-refractivity contribution in [1.29, 1.82) is 5.26 Å². The third-order valence-corrected chi connectivity index (χ3v) is 4.66. The van der Waals surface area contributed by atoms with Crippen molar-refractivity contribution in [2.24, 2.45) is 5.73 Å². The van der Waals surface area contributed by atoms with E-state index in [2.05, 4.69) is 20.6 Å². The van der Waals surface area contributed by atoms with Gasteiger partial charge in [-0.25, -0.2) is 4.98 Å². The Bertz CT molecular complexity index is 946. The largest absolute Gasteiger partial charge is 0.416 e. The molecule has 2 aromatic rings. The normalized spacial score (nSPS) is 12.1. The van der Waals surface area contributed by atoms with E-state index in [9.17, 15) is 23.2 Å². The van der Waals surface area contributed by atoms with Crippen molar-refractivity contribution in [3.05, 3.63) is 35.4 Å². The molecule has 0 aliphatic rings. The van der Waals surface area contributed by atoms with Gasteiger partial charge in [0.1, 0.15) is 16.7 Å². The van der Waals surface area contributed by atoms with Crippen LogP contribution in [0.3, 0.4) is 0 Å². The maximum absolute atomic E-state index is 12.8. The zero-order valence-corrected chi connectivity index (χ0v) is 16.8. The van der Waals surface area contributed by atoms with Crippen LogP contribution in [0.4, 0.5) is 30.6 Å². The summed E-state index contributed by atoms with van der Waals surface area (Å²) in [5, 5.41) is 15.1. The number of nitrogen functional groups attached to an aromatic ring is 1. The number of benzene rings is 1. The molecule has 2 rings (SSSR count). The summed E-state index contributed by atoms with van der Waals surface area (Å²) < 4.78 is 38.3. The van der Waals surface area contributed by atoms with E-state index in [4.69, 9.17) is 11.5 Å². The van der Waals surface area contributed by atoms with Crippen LogP contribution in [0.25, 0.3) is 0 Å². The average molecular weight is 439 g/mol. The summed E-state index contributed by atoms with van der Waals surface area (Å²) in [5.41, 5.74) is 10.9. The Hall–Kier alpha value is -3.04. The summed E-state index contributed by atoms with van der Waals surface area (Å²) in [4.78, 5) is 20.1. The zero-order valence-electron chi connectivity index (χ0n) is 16.0.